The molecule has 38 heavy (non-hydrogen) atoms. The maximum Gasteiger partial charge on any atom is 0.252 e. The number of nitrogens with zero attached hydrogens (tertiary/aromatic N) is 1. The molecule has 2 atom stereocenters. The fourth-order valence-corrected chi connectivity index (χ4v) is 5.44. The Morgan fingerprint density at radius 1 is 0.921 bits per heavy atom. The molecule has 4 aromatic rings. The number of hydrogen-bond donors (Lipinski definition) is 1. The maximum absolute atomic E-state index is 13.9. The molecule has 1 aliphatic heterocycles. The lowest BCUT2D eigenvalue weighted by Gasteiger charge is -2.33. The number of furan rings is 1. The molecule has 0 spiro atoms. The normalized spacial score (nSPS) is 19.1. The molecule has 2 aliphatic rings. The molecule has 5 heteroatoms. The van der Waals surface area contributed by atoms with Crippen LogP contribution in [0, 0.1) is 6.92 Å². The van der Waals surface area contributed by atoms with Gasteiger partial charge in [0.05, 0.1) is 17.6 Å². The molecular weight excluding hydrogens is 472 g/mol. The average molecular weight is 501 g/mol. The highest BCUT2D eigenvalue weighted by atomic mass is 16.3. The van der Waals surface area contributed by atoms with Gasteiger partial charge in [0.15, 0.2) is 5.78 Å². The molecule has 0 bridgehead atoms. The van der Waals surface area contributed by atoms with E-state index >= 15 is 0 Å². The molecule has 0 fully saturated rings. The Bertz CT molecular complexity index is 1530. The number of fused-ring (bicyclic) bond motifs is 1. The summed E-state index contributed by atoms with van der Waals surface area (Å²) in [4.78, 5) is 29.6. The monoisotopic (exact) mass is 500 g/mol. The van der Waals surface area contributed by atoms with Gasteiger partial charge in [-0.3, -0.25) is 14.5 Å². The van der Waals surface area contributed by atoms with E-state index in [4.69, 9.17) is 4.42 Å². The van der Waals surface area contributed by atoms with Crippen LogP contribution >= 0.6 is 0 Å². The van der Waals surface area contributed by atoms with Gasteiger partial charge in [-0.1, -0.05) is 72.3 Å². The van der Waals surface area contributed by atoms with Crippen molar-refractivity contribution in [3.05, 3.63) is 137 Å². The highest BCUT2D eigenvalue weighted by molar-refractivity contribution is 6.10. The van der Waals surface area contributed by atoms with E-state index in [1.54, 1.807) is 29.4 Å². The second kappa shape index (κ2) is 10.0. The summed E-state index contributed by atoms with van der Waals surface area (Å²) in [7, 11) is 0. The Morgan fingerprint density at radius 3 is 2.45 bits per heavy atom. The summed E-state index contributed by atoms with van der Waals surface area (Å²) in [6.07, 6.45) is 5.99. The number of aryl methyl sites for hydroxylation is 1. The van der Waals surface area contributed by atoms with Crippen molar-refractivity contribution in [1.82, 2.24) is 0 Å². The van der Waals surface area contributed by atoms with E-state index in [0.717, 1.165) is 22.5 Å². The Kier molecular flexibility index (Phi) is 6.26. The first-order valence-electron chi connectivity index (χ1n) is 12.9. The van der Waals surface area contributed by atoms with E-state index in [-0.39, 0.29) is 17.6 Å². The van der Waals surface area contributed by atoms with Crippen molar-refractivity contribution < 1.29 is 14.0 Å². The van der Waals surface area contributed by atoms with Gasteiger partial charge in [0.2, 0.25) is 0 Å². The zero-order chi connectivity index (χ0) is 26.1. The molecule has 2 heterocycles. The third-order valence-corrected chi connectivity index (χ3v) is 7.31. The Hall–Kier alpha value is -4.64. The lowest BCUT2D eigenvalue weighted by molar-refractivity contribution is -0.117. The van der Waals surface area contributed by atoms with E-state index in [2.05, 4.69) is 36.5 Å². The van der Waals surface area contributed by atoms with Gasteiger partial charge in [-0.05, 0) is 60.7 Å². The molecule has 1 amide bonds. The van der Waals surface area contributed by atoms with Crippen LogP contribution in [0.25, 0.3) is 6.08 Å². The smallest absolute Gasteiger partial charge is 0.252 e. The molecule has 5 nitrogen and oxygen atoms in total. The van der Waals surface area contributed by atoms with Gasteiger partial charge in [0.25, 0.3) is 5.91 Å². The van der Waals surface area contributed by atoms with E-state index in [0.29, 0.717) is 29.9 Å². The van der Waals surface area contributed by atoms with Crippen LogP contribution in [0.2, 0.25) is 0 Å². The molecule has 188 valence electrons. The number of nitrogens with one attached hydrogen (secondary N) is 1. The zero-order valence-corrected chi connectivity index (χ0v) is 21.1. The van der Waals surface area contributed by atoms with Crippen LogP contribution < -0.4 is 10.2 Å². The first kappa shape index (κ1) is 23.7. The fraction of sp³-hybridized carbons (Fsp3) is 0.152. The fourth-order valence-electron chi connectivity index (χ4n) is 5.44. The minimum absolute atomic E-state index is 0.0170. The van der Waals surface area contributed by atoms with Gasteiger partial charge in [0.1, 0.15) is 11.8 Å². The standard InChI is InChI=1S/C33H28N2O3/c1-22-13-16-24(17-14-22)25-20-27-32(29(36)21-25)33(30-12-7-19-38-30)35(28-11-6-5-10-26(28)34-27)31(37)18-15-23-8-3-2-4-9-23/h2-19,25,33-34H,20-21H2,1H3. The van der Waals surface area contributed by atoms with Crippen LogP contribution in [0.4, 0.5) is 11.4 Å². The number of hydrogen-bond acceptors (Lipinski definition) is 4. The highest BCUT2D eigenvalue weighted by Gasteiger charge is 2.42. The zero-order valence-electron chi connectivity index (χ0n) is 21.1. The number of carbonyl (C=O) groups excluding carboxylic acids is 2. The number of ketones is 1. The second-order valence-electron chi connectivity index (χ2n) is 9.84. The van der Waals surface area contributed by atoms with Crippen LogP contribution in [0.15, 0.2) is 119 Å². The number of benzene rings is 3. The first-order chi connectivity index (χ1) is 18.6. The summed E-state index contributed by atoms with van der Waals surface area (Å²) in [5.74, 6) is 0.397. The van der Waals surface area contributed by atoms with Crippen LogP contribution in [0.3, 0.4) is 0 Å². The summed E-state index contributed by atoms with van der Waals surface area (Å²) < 4.78 is 5.88. The predicted octanol–water partition coefficient (Wildman–Crippen LogP) is 7.20. The number of rotatable bonds is 4. The molecule has 3 aromatic carbocycles. The summed E-state index contributed by atoms with van der Waals surface area (Å²) in [5.41, 5.74) is 6.16. The van der Waals surface area contributed by atoms with Gasteiger partial charge in [-0.2, -0.15) is 0 Å². The molecule has 6 rings (SSSR count). The van der Waals surface area contributed by atoms with E-state index in [9.17, 15) is 9.59 Å². The lowest BCUT2D eigenvalue weighted by atomic mass is 9.79. The van der Waals surface area contributed by atoms with Crippen LogP contribution in [-0.2, 0) is 9.59 Å². The van der Waals surface area contributed by atoms with Crippen molar-refractivity contribution in [2.75, 3.05) is 10.2 Å². The lowest BCUT2D eigenvalue weighted by Crippen LogP contribution is -2.37. The number of allylic oxidation sites excluding steroid dienone is 1. The minimum Gasteiger partial charge on any atom is -0.467 e. The second-order valence-corrected chi connectivity index (χ2v) is 9.84. The van der Waals surface area contributed by atoms with E-state index < -0.39 is 6.04 Å². The predicted molar refractivity (Wildman–Crippen MR) is 150 cm³/mol. The Morgan fingerprint density at radius 2 is 1.68 bits per heavy atom. The van der Waals surface area contributed by atoms with Crippen molar-refractivity contribution in [3.63, 3.8) is 0 Å². The maximum atomic E-state index is 13.9. The van der Waals surface area contributed by atoms with Crippen LogP contribution in [-0.4, -0.2) is 11.7 Å². The highest BCUT2D eigenvalue weighted by Crippen LogP contribution is 2.47. The molecule has 0 saturated carbocycles. The molecule has 1 aliphatic carbocycles. The number of anilines is 2. The van der Waals surface area contributed by atoms with Gasteiger partial charge in [0, 0.05) is 23.8 Å². The third kappa shape index (κ3) is 4.48. The quantitative estimate of drug-likeness (QED) is 0.301. The Balaban J connectivity index is 1.47. The van der Waals surface area contributed by atoms with Crippen LogP contribution in [0.5, 0.6) is 0 Å². The number of amides is 1. The molecule has 2 unspecified atom stereocenters. The number of para-hydroxylation sites is 2. The van der Waals surface area contributed by atoms with E-state index in [1.165, 1.54) is 5.56 Å². The van der Waals surface area contributed by atoms with Gasteiger partial charge in [-0.25, -0.2) is 0 Å². The summed E-state index contributed by atoms with van der Waals surface area (Å²) in [5, 5.41) is 3.55. The molecule has 0 saturated heterocycles. The Labute approximate surface area is 222 Å². The summed E-state index contributed by atoms with van der Waals surface area (Å²) in [6, 6.07) is 28.7. The average Bonchev–Trinajstić information content (AvgIpc) is 3.42. The third-order valence-electron chi connectivity index (χ3n) is 7.31. The summed E-state index contributed by atoms with van der Waals surface area (Å²) in [6.45, 7) is 2.06. The SMILES string of the molecule is Cc1ccc(C2CC(=O)C3=C(C2)Nc2ccccc2N(C(=O)C=Cc2ccccc2)C3c2ccco2)cc1. The van der Waals surface area contributed by atoms with E-state index in [1.807, 2.05) is 60.7 Å². The first-order valence-corrected chi connectivity index (χ1v) is 12.9. The van der Waals surface area contributed by atoms with Gasteiger partial charge in [-0.15, -0.1) is 0 Å². The van der Waals surface area contributed by atoms with Crippen molar-refractivity contribution in [2.24, 2.45) is 0 Å². The van der Waals surface area contributed by atoms with Crippen molar-refractivity contribution in [1.29, 1.82) is 0 Å². The molecule has 1 N–H and O–H groups in total. The van der Waals surface area contributed by atoms with Crippen LogP contribution in [0.1, 0.15) is 47.3 Å². The number of carbonyl (C=O) groups is 2. The minimum atomic E-state index is -0.685. The largest absolute Gasteiger partial charge is 0.467 e. The van der Waals surface area contributed by atoms with Gasteiger partial charge < -0.3 is 9.73 Å². The van der Waals surface area contributed by atoms with Crippen molar-refractivity contribution in [3.8, 4) is 0 Å². The number of Topliss-reactive ketones (excluding diaryl/α,β-unsaturated/α-hetero) is 1. The van der Waals surface area contributed by atoms with Crippen molar-refractivity contribution >= 4 is 29.1 Å². The molecule has 1 aromatic heterocycles. The topological polar surface area (TPSA) is 62.6 Å². The summed E-state index contributed by atoms with van der Waals surface area (Å²) >= 11 is 0. The van der Waals surface area contributed by atoms with Gasteiger partial charge >= 0.3 is 0 Å². The molecular formula is C33H28N2O3. The molecule has 0 radical (unpaired) electrons. The van der Waals surface area contributed by atoms with Crippen molar-refractivity contribution in [2.45, 2.75) is 31.7 Å².